The molecule has 2 heterocycles. The molecule has 1 fully saturated rings. The minimum atomic E-state index is -3.64. The fourth-order valence-corrected chi connectivity index (χ4v) is 4.81. The summed E-state index contributed by atoms with van der Waals surface area (Å²) < 4.78 is 35.1. The summed E-state index contributed by atoms with van der Waals surface area (Å²) in [6.07, 6.45) is 6.04. The lowest BCUT2D eigenvalue weighted by molar-refractivity contribution is 0.0963. The van der Waals surface area contributed by atoms with Crippen LogP contribution in [0.4, 0.5) is 11.4 Å². The van der Waals surface area contributed by atoms with Gasteiger partial charge in [0, 0.05) is 18.3 Å². The van der Waals surface area contributed by atoms with E-state index in [2.05, 4.69) is 9.44 Å². The molecule has 1 aromatic heterocycles. The zero-order valence-corrected chi connectivity index (χ0v) is 15.1. The van der Waals surface area contributed by atoms with Crippen molar-refractivity contribution in [1.29, 1.82) is 0 Å². The van der Waals surface area contributed by atoms with E-state index in [0.29, 0.717) is 17.9 Å². The Morgan fingerprint density at radius 1 is 1.19 bits per heavy atom. The normalized spacial score (nSPS) is 17.5. The Labute approximate surface area is 152 Å². The van der Waals surface area contributed by atoms with Crippen molar-refractivity contribution >= 4 is 27.5 Å². The van der Waals surface area contributed by atoms with E-state index < -0.39 is 10.2 Å². The van der Waals surface area contributed by atoms with Crippen LogP contribution in [0.2, 0.25) is 0 Å². The number of hydrogen-bond acceptors (Lipinski definition) is 4. The van der Waals surface area contributed by atoms with E-state index in [1.165, 1.54) is 6.26 Å². The molecule has 0 unspecified atom stereocenters. The number of hydrogen-bond donors (Lipinski definition) is 2. The first-order valence-electron chi connectivity index (χ1n) is 8.80. The van der Waals surface area contributed by atoms with E-state index in [9.17, 15) is 13.2 Å². The molecule has 1 aliphatic carbocycles. The van der Waals surface area contributed by atoms with Crippen molar-refractivity contribution in [3.8, 4) is 0 Å². The summed E-state index contributed by atoms with van der Waals surface area (Å²) in [4.78, 5) is 14.2. The van der Waals surface area contributed by atoms with Gasteiger partial charge in [-0.2, -0.15) is 13.1 Å². The summed E-state index contributed by atoms with van der Waals surface area (Å²) in [5, 5.41) is 0. The highest BCUT2D eigenvalue weighted by Crippen LogP contribution is 2.32. The van der Waals surface area contributed by atoms with E-state index in [-0.39, 0.29) is 17.7 Å². The van der Waals surface area contributed by atoms with Crippen molar-refractivity contribution < 1.29 is 17.6 Å². The fourth-order valence-electron chi connectivity index (χ4n) is 3.63. The van der Waals surface area contributed by atoms with Crippen molar-refractivity contribution in [1.82, 2.24) is 4.72 Å². The molecule has 2 aromatic rings. The van der Waals surface area contributed by atoms with E-state index in [1.807, 2.05) is 6.07 Å². The first kappa shape index (κ1) is 17.1. The number of fused-ring (bicyclic) bond motifs is 1. The van der Waals surface area contributed by atoms with E-state index in [0.717, 1.165) is 37.7 Å². The Kier molecular flexibility index (Phi) is 4.46. The molecule has 1 aromatic carbocycles. The van der Waals surface area contributed by atoms with Gasteiger partial charge in [-0.1, -0.05) is 18.9 Å². The lowest BCUT2D eigenvalue weighted by atomic mass is 10.1. The van der Waals surface area contributed by atoms with Crippen molar-refractivity contribution in [3.63, 3.8) is 0 Å². The van der Waals surface area contributed by atoms with E-state index in [1.54, 1.807) is 29.2 Å². The number of carbonyl (C=O) groups is 1. The number of anilines is 2. The van der Waals surface area contributed by atoms with E-state index in [4.69, 9.17) is 4.42 Å². The maximum atomic E-state index is 12.6. The predicted octanol–water partition coefficient (Wildman–Crippen LogP) is 2.67. The topological polar surface area (TPSA) is 91.7 Å². The van der Waals surface area contributed by atoms with Gasteiger partial charge in [0.1, 0.15) is 0 Å². The highest BCUT2D eigenvalue weighted by atomic mass is 32.2. The number of carbonyl (C=O) groups excluding carboxylic acids is 1. The van der Waals surface area contributed by atoms with Gasteiger partial charge < -0.3 is 9.32 Å². The quantitative estimate of drug-likeness (QED) is 0.840. The Hall–Kier alpha value is -2.32. The van der Waals surface area contributed by atoms with Crippen LogP contribution in [0.3, 0.4) is 0 Å². The van der Waals surface area contributed by atoms with Gasteiger partial charge in [-0.15, -0.1) is 0 Å². The van der Waals surface area contributed by atoms with Crippen LogP contribution < -0.4 is 14.3 Å². The molecule has 7 nitrogen and oxygen atoms in total. The second-order valence-electron chi connectivity index (χ2n) is 6.73. The molecule has 0 bridgehead atoms. The Morgan fingerprint density at radius 3 is 2.73 bits per heavy atom. The first-order valence-corrected chi connectivity index (χ1v) is 10.3. The van der Waals surface area contributed by atoms with Gasteiger partial charge in [-0.25, -0.2) is 0 Å². The van der Waals surface area contributed by atoms with Crippen LogP contribution >= 0.6 is 0 Å². The van der Waals surface area contributed by atoms with Crippen molar-refractivity contribution in [2.45, 2.75) is 38.1 Å². The first-order chi connectivity index (χ1) is 12.5. The number of nitrogens with zero attached hydrogens (tertiary/aromatic N) is 1. The average Bonchev–Trinajstić information content (AvgIpc) is 3.35. The highest BCUT2D eigenvalue weighted by molar-refractivity contribution is 7.90. The zero-order chi connectivity index (χ0) is 18.1. The summed E-state index contributed by atoms with van der Waals surface area (Å²) in [6.45, 7) is 0.547. The third-order valence-corrected chi connectivity index (χ3v) is 6.04. The highest BCUT2D eigenvalue weighted by Gasteiger charge is 2.28. The van der Waals surface area contributed by atoms with Gasteiger partial charge in [0.2, 0.25) is 0 Å². The van der Waals surface area contributed by atoms with Crippen LogP contribution in [0.15, 0.2) is 41.0 Å². The van der Waals surface area contributed by atoms with E-state index >= 15 is 0 Å². The Morgan fingerprint density at radius 2 is 2.00 bits per heavy atom. The lowest BCUT2D eigenvalue weighted by Crippen LogP contribution is -2.37. The SMILES string of the molecule is O=C(c1ccco1)N1CCc2ccc(NS(=O)(=O)NC3CCCC3)cc21. The zero-order valence-electron chi connectivity index (χ0n) is 14.3. The van der Waals surface area contributed by atoms with Crippen LogP contribution in [0.25, 0.3) is 0 Å². The van der Waals surface area contributed by atoms with Crippen LogP contribution in [0.5, 0.6) is 0 Å². The minimum Gasteiger partial charge on any atom is -0.459 e. The number of amides is 1. The summed E-state index contributed by atoms with van der Waals surface area (Å²) in [5.41, 5.74) is 2.16. The standard InChI is InChI=1S/C18H21N3O4S/c22-18(17-6-3-11-25-17)21-10-9-13-7-8-15(12-16(13)21)20-26(23,24)19-14-4-1-2-5-14/h3,6-8,11-12,14,19-20H,1-2,4-5,9-10H2. The molecule has 0 saturated heterocycles. The van der Waals surface area contributed by atoms with Gasteiger partial charge in [-0.05, 0) is 49.1 Å². The maximum absolute atomic E-state index is 12.6. The molecule has 0 spiro atoms. The van der Waals surface area contributed by atoms with Crippen molar-refractivity contribution in [2.24, 2.45) is 0 Å². The molecule has 0 atom stereocenters. The summed E-state index contributed by atoms with van der Waals surface area (Å²) >= 11 is 0. The second-order valence-corrected chi connectivity index (χ2v) is 8.18. The van der Waals surface area contributed by atoms with Crippen LogP contribution in [0, 0.1) is 0 Å². The van der Waals surface area contributed by atoms with Crippen LogP contribution in [0.1, 0.15) is 41.8 Å². The molecule has 26 heavy (non-hydrogen) atoms. The van der Waals surface area contributed by atoms with Gasteiger partial charge in [0.05, 0.1) is 12.0 Å². The number of nitrogens with one attached hydrogen (secondary N) is 2. The van der Waals surface area contributed by atoms with Gasteiger partial charge in [0.15, 0.2) is 5.76 Å². The monoisotopic (exact) mass is 375 g/mol. The Balaban J connectivity index is 1.53. The molecular formula is C18H21N3O4S. The van der Waals surface area contributed by atoms with Crippen LogP contribution in [-0.2, 0) is 16.6 Å². The third kappa shape index (κ3) is 3.47. The van der Waals surface area contributed by atoms with Crippen molar-refractivity contribution in [3.05, 3.63) is 47.9 Å². The minimum absolute atomic E-state index is 0.000967. The van der Waals surface area contributed by atoms with Gasteiger partial charge >= 0.3 is 0 Å². The number of furan rings is 1. The molecule has 2 N–H and O–H groups in total. The molecule has 0 radical (unpaired) electrons. The second kappa shape index (κ2) is 6.77. The van der Waals surface area contributed by atoms with Crippen LogP contribution in [-0.4, -0.2) is 26.9 Å². The summed E-state index contributed by atoms with van der Waals surface area (Å²) in [7, 11) is -3.64. The maximum Gasteiger partial charge on any atom is 0.299 e. The number of benzene rings is 1. The van der Waals surface area contributed by atoms with Gasteiger partial charge in [0.25, 0.3) is 16.1 Å². The third-order valence-electron chi connectivity index (χ3n) is 4.89. The molecule has 1 saturated carbocycles. The molecule has 1 amide bonds. The predicted molar refractivity (Wildman–Crippen MR) is 98.5 cm³/mol. The lowest BCUT2D eigenvalue weighted by Gasteiger charge is -2.18. The fraction of sp³-hybridized carbons (Fsp3) is 0.389. The number of rotatable bonds is 5. The molecule has 4 rings (SSSR count). The average molecular weight is 375 g/mol. The smallest absolute Gasteiger partial charge is 0.299 e. The molecule has 2 aliphatic rings. The molecule has 8 heteroatoms. The molecule has 138 valence electrons. The largest absolute Gasteiger partial charge is 0.459 e. The summed E-state index contributed by atoms with van der Waals surface area (Å²) in [6, 6.07) is 8.59. The molecular weight excluding hydrogens is 354 g/mol. The summed E-state index contributed by atoms with van der Waals surface area (Å²) in [5.74, 6) is 0.0459. The van der Waals surface area contributed by atoms with Crippen molar-refractivity contribution in [2.75, 3.05) is 16.2 Å². The van der Waals surface area contributed by atoms with Gasteiger partial charge in [-0.3, -0.25) is 9.52 Å². The molecule has 1 aliphatic heterocycles. The Bertz CT molecular complexity index is 903.